The SMILES string of the molecule is CCC(=O)Nc1c(C)c(-c2ccnc(-n3ncc4cc(C(C)(C)C)cc(F)c4c3=O)c2CO)c[nH]c1=O. The number of hydrogen-bond donors (Lipinski definition) is 3. The van der Waals surface area contributed by atoms with E-state index in [0.29, 0.717) is 22.1 Å². The second kappa shape index (κ2) is 9.70. The molecule has 0 unspecified atom stereocenters. The average molecular weight is 506 g/mol. The first-order valence-electron chi connectivity index (χ1n) is 11.8. The first-order valence-corrected chi connectivity index (χ1v) is 11.8. The number of fused-ring (bicyclic) bond motifs is 1. The fourth-order valence-corrected chi connectivity index (χ4v) is 4.17. The van der Waals surface area contributed by atoms with Gasteiger partial charge in [0.25, 0.3) is 11.1 Å². The van der Waals surface area contributed by atoms with Crippen LogP contribution in [0.25, 0.3) is 27.7 Å². The summed E-state index contributed by atoms with van der Waals surface area (Å²) >= 11 is 0. The molecule has 1 amide bonds. The Labute approximate surface area is 212 Å². The molecule has 0 fully saturated rings. The molecule has 0 aliphatic rings. The molecule has 0 aliphatic heterocycles. The number of aliphatic hydroxyl groups excluding tert-OH is 1. The number of pyridine rings is 2. The number of hydrogen-bond acceptors (Lipinski definition) is 6. The highest BCUT2D eigenvalue weighted by atomic mass is 19.1. The third-order valence-electron chi connectivity index (χ3n) is 6.33. The van der Waals surface area contributed by atoms with Crippen molar-refractivity contribution < 1.29 is 14.3 Å². The third-order valence-corrected chi connectivity index (χ3v) is 6.33. The highest BCUT2D eigenvalue weighted by molar-refractivity contribution is 5.92. The Hall–Kier alpha value is -4.18. The Morgan fingerprint density at radius 2 is 1.95 bits per heavy atom. The van der Waals surface area contributed by atoms with Crippen molar-refractivity contribution >= 4 is 22.4 Å². The van der Waals surface area contributed by atoms with Gasteiger partial charge in [-0.05, 0) is 47.2 Å². The number of benzene rings is 1. The number of carbonyl (C=O) groups is 1. The van der Waals surface area contributed by atoms with E-state index < -0.39 is 23.5 Å². The quantitative estimate of drug-likeness (QED) is 0.379. The molecule has 3 N–H and O–H groups in total. The highest BCUT2D eigenvalue weighted by Gasteiger charge is 2.22. The standard InChI is InChI=1S/C27H28FN5O4/c1-6-21(35)32-23-14(2)18(12-30-25(23)36)17-7-8-29-24(19(17)13-34)33-26(37)22-15(11-31-33)9-16(10-20(22)28)27(3,4)5/h7-12,34H,6,13H2,1-5H3,(H,30,36)(H,32,35). The average Bonchev–Trinajstić information content (AvgIpc) is 2.85. The Morgan fingerprint density at radius 1 is 1.22 bits per heavy atom. The lowest BCUT2D eigenvalue weighted by Gasteiger charge is -2.20. The van der Waals surface area contributed by atoms with Crippen molar-refractivity contribution in [3.63, 3.8) is 0 Å². The fraction of sp³-hybridized carbons (Fsp3) is 0.296. The van der Waals surface area contributed by atoms with Gasteiger partial charge in [-0.25, -0.2) is 9.37 Å². The lowest BCUT2D eigenvalue weighted by atomic mass is 9.86. The summed E-state index contributed by atoms with van der Waals surface area (Å²) < 4.78 is 16.1. The van der Waals surface area contributed by atoms with Gasteiger partial charge in [0.05, 0.1) is 18.2 Å². The molecule has 192 valence electrons. The van der Waals surface area contributed by atoms with Crippen molar-refractivity contribution in [2.24, 2.45) is 0 Å². The van der Waals surface area contributed by atoms with Crippen molar-refractivity contribution in [2.75, 3.05) is 5.32 Å². The molecule has 3 aromatic heterocycles. The molecule has 0 saturated carbocycles. The number of nitrogens with one attached hydrogen (secondary N) is 2. The van der Waals surface area contributed by atoms with Crippen LogP contribution in [0.5, 0.6) is 0 Å². The Morgan fingerprint density at radius 3 is 2.59 bits per heavy atom. The number of H-pyrrole nitrogens is 1. The molecule has 0 bridgehead atoms. The largest absolute Gasteiger partial charge is 0.392 e. The lowest BCUT2D eigenvalue weighted by molar-refractivity contribution is -0.115. The second-order valence-electron chi connectivity index (χ2n) is 9.79. The molecule has 37 heavy (non-hydrogen) atoms. The Kier molecular flexibility index (Phi) is 6.79. The number of halogens is 1. The number of nitrogens with zero attached hydrogens (tertiary/aromatic N) is 3. The molecule has 0 aliphatic carbocycles. The first-order chi connectivity index (χ1) is 17.5. The van der Waals surface area contributed by atoms with Crippen molar-refractivity contribution in [3.05, 3.63) is 80.0 Å². The van der Waals surface area contributed by atoms with Crippen molar-refractivity contribution in [3.8, 4) is 16.9 Å². The van der Waals surface area contributed by atoms with Gasteiger partial charge in [0.15, 0.2) is 5.82 Å². The molecular weight excluding hydrogens is 477 g/mol. The molecule has 4 aromatic rings. The van der Waals surface area contributed by atoms with Crippen LogP contribution < -0.4 is 16.4 Å². The molecule has 9 nitrogen and oxygen atoms in total. The maximum atomic E-state index is 15.1. The van der Waals surface area contributed by atoms with E-state index in [2.05, 4.69) is 20.4 Å². The van der Waals surface area contributed by atoms with Gasteiger partial charge in [-0.1, -0.05) is 27.7 Å². The van der Waals surface area contributed by atoms with Crippen molar-refractivity contribution in [1.82, 2.24) is 19.7 Å². The highest BCUT2D eigenvalue weighted by Crippen LogP contribution is 2.31. The smallest absolute Gasteiger partial charge is 0.283 e. The monoisotopic (exact) mass is 505 g/mol. The Bertz CT molecular complexity index is 1650. The minimum atomic E-state index is -0.719. The molecule has 10 heteroatoms. The molecule has 0 spiro atoms. The summed E-state index contributed by atoms with van der Waals surface area (Å²) in [6.07, 6.45) is 4.47. The van der Waals surface area contributed by atoms with E-state index in [4.69, 9.17) is 0 Å². The number of carbonyl (C=O) groups excluding carboxylic acids is 1. The summed E-state index contributed by atoms with van der Waals surface area (Å²) in [5, 5.41) is 17.4. The van der Waals surface area contributed by atoms with E-state index in [1.54, 1.807) is 26.0 Å². The van der Waals surface area contributed by atoms with Gasteiger partial charge in [-0.15, -0.1) is 0 Å². The number of aliphatic hydroxyl groups is 1. The molecule has 1 aromatic carbocycles. The molecule has 0 radical (unpaired) electrons. The van der Waals surface area contributed by atoms with Gasteiger partial charge in [0.1, 0.15) is 11.5 Å². The van der Waals surface area contributed by atoms with Crippen LogP contribution in [0.1, 0.15) is 50.8 Å². The fourth-order valence-electron chi connectivity index (χ4n) is 4.17. The van der Waals surface area contributed by atoms with Crippen LogP contribution in [0.2, 0.25) is 0 Å². The summed E-state index contributed by atoms with van der Waals surface area (Å²) in [7, 11) is 0. The number of aromatic amines is 1. The van der Waals surface area contributed by atoms with Crippen molar-refractivity contribution in [2.45, 2.75) is 53.1 Å². The zero-order valence-electron chi connectivity index (χ0n) is 21.3. The van der Waals surface area contributed by atoms with Gasteiger partial charge in [-0.2, -0.15) is 9.78 Å². The number of aromatic nitrogens is 4. The van der Waals surface area contributed by atoms with Gasteiger partial charge >= 0.3 is 0 Å². The van der Waals surface area contributed by atoms with E-state index in [0.717, 1.165) is 10.2 Å². The van der Waals surface area contributed by atoms with Gasteiger partial charge in [0, 0.05) is 35.3 Å². The minimum absolute atomic E-state index is 0.0240. The predicted molar refractivity (Wildman–Crippen MR) is 139 cm³/mol. The maximum absolute atomic E-state index is 15.1. The predicted octanol–water partition coefficient (Wildman–Crippen LogP) is 3.72. The normalized spacial score (nSPS) is 11.6. The van der Waals surface area contributed by atoms with Crippen LogP contribution in [-0.4, -0.2) is 30.8 Å². The van der Waals surface area contributed by atoms with Crippen LogP contribution in [-0.2, 0) is 16.8 Å². The van der Waals surface area contributed by atoms with Crippen molar-refractivity contribution in [1.29, 1.82) is 0 Å². The summed E-state index contributed by atoms with van der Waals surface area (Å²) in [5.74, 6) is -0.971. The van der Waals surface area contributed by atoms with E-state index in [1.807, 2.05) is 20.8 Å². The number of amides is 1. The summed E-state index contributed by atoms with van der Waals surface area (Å²) in [6.45, 7) is 8.66. The van der Waals surface area contributed by atoms with E-state index >= 15 is 4.39 Å². The molecular formula is C27H28FN5O4. The van der Waals surface area contributed by atoms with E-state index in [9.17, 15) is 19.5 Å². The molecule has 4 rings (SSSR count). The van der Waals surface area contributed by atoms with Crippen LogP contribution in [0.4, 0.5) is 10.1 Å². The van der Waals surface area contributed by atoms with Crippen LogP contribution in [0, 0.1) is 12.7 Å². The third kappa shape index (κ3) is 4.67. The summed E-state index contributed by atoms with van der Waals surface area (Å²) in [6, 6.07) is 4.70. The van der Waals surface area contributed by atoms with Crippen LogP contribution in [0.3, 0.4) is 0 Å². The first kappa shape index (κ1) is 25.9. The van der Waals surface area contributed by atoms with Crippen LogP contribution >= 0.6 is 0 Å². The number of anilines is 1. The molecule has 3 heterocycles. The maximum Gasteiger partial charge on any atom is 0.283 e. The zero-order chi connectivity index (χ0) is 27.1. The summed E-state index contributed by atoms with van der Waals surface area (Å²) in [4.78, 5) is 44.6. The minimum Gasteiger partial charge on any atom is -0.392 e. The molecule has 0 saturated heterocycles. The molecule has 0 atom stereocenters. The second-order valence-corrected chi connectivity index (χ2v) is 9.79. The summed E-state index contributed by atoms with van der Waals surface area (Å²) in [5.41, 5.74) is 0.983. The van der Waals surface area contributed by atoms with E-state index in [1.165, 1.54) is 24.7 Å². The number of rotatable bonds is 5. The van der Waals surface area contributed by atoms with Gasteiger partial charge in [0.2, 0.25) is 5.91 Å². The lowest BCUT2D eigenvalue weighted by Crippen LogP contribution is -2.25. The topological polar surface area (TPSA) is 130 Å². The Balaban J connectivity index is 1.93. The van der Waals surface area contributed by atoms with Gasteiger partial charge < -0.3 is 15.4 Å². The zero-order valence-corrected chi connectivity index (χ0v) is 21.3. The van der Waals surface area contributed by atoms with Crippen LogP contribution in [0.15, 0.2) is 46.4 Å². The van der Waals surface area contributed by atoms with Gasteiger partial charge in [-0.3, -0.25) is 14.4 Å². The van der Waals surface area contributed by atoms with E-state index in [-0.39, 0.29) is 40.2 Å².